The first-order chi connectivity index (χ1) is 8.49. The molecule has 98 valence electrons. The fraction of sp³-hybridized carbons (Fsp3) is 0.500. The van der Waals surface area contributed by atoms with Crippen molar-refractivity contribution in [3.05, 3.63) is 24.0 Å². The molecule has 3 N–H and O–H groups in total. The van der Waals surface area contributed by atoms with Gasteiger partial charge < -0.3 is 15.4 Å². The number of imidazole rings is 1. The second-order valence-corrected chi connectivity index (χ2v) is 5.33. The lowest BCUT2D eigenvalue weighted by Gasteiger charge is -2.29. The van der Waals surface area contributed by atoms with Crippen LogP contribution in [0.25, 0.3) is 11.0 Å². The molecule has 1 heterocycles. The van der Waals surface area contributed by atoms with Gasteiger partial charge in [-0.25, -0.2) is 4.98 Å². The Kier molecular flexibility index (Phi) is 3.30. The van der Waals surface area contributed by atoms with Crippen LogP contribution in [0.3, 0.4) is 0 Å². The number of nitrogen functional groups attached to an aromatic ring is 1. The van der Waals surface area contributed by atoms with Gasteiger partial charge >= 0.3 is 0 Å². The molecule has 0 bridgehead atoms. The number of nitrogens with zero attached hydrogens (tertiary/aromatic N) is 2. The lowest BCUT2D eigenvalue weighted by molar-refractivity contribution is 0.241. The molecular weight excluding hydrogens is 226 g/mol. The van der Waals surface area contributed by atoms with Gasteiger partial charge in [0, 0.05) is 11.2 Å². The highest BCUT2D eigenvalue weighted by atomic mass is 16.3. The van der Waals surface area contributed by atoms with E-state index in [-0.39, 0.29) is 12.1 Å². The Bertz CT molecular complexity index is 557. The lowest BCUT2D eigenvalue weighted by Crippen LogP contribution is -2.27. The van der Waals surface area contributed by atoms with Crippen LogP contribution in [0, 0.1) is 0 Å². The number of hydrogen-bond donors (Lipinski definition) is 2. The van der Waals surface area contributed by atoms with Crippen molar-refractivity contribution in [2.45, 2.75) is 45.8 Å². The van der Waals surface area contributed by atoms with Crippen molar-refractivity contribution >= 4 is 16.7 Å². The van der Waals surface area contributed by atoms with E-state index < -0.39 is 0 Å². The zero-order valence-electron chi connectivity index (χ0n) is 11.3. The Morgan fingerprint density at radius 3 is 2.72 bits per heavy atom. The summed E-state index contributed by atoms with van der Waals surface area (Å²) in [5.74, 6) is 0.703. The van der Waals surface area contributed by atoms with Crippen molar-refractivity contribution < 1.29 is 5.11 Å². The molecule has 18 heavy (non-hydrogen) atoms. The van der Waals surface area contributed by atoms with Crippen LogP contribution in [0.2, 0.25) is 0 Å². The summed E-state index contributed by atoms with van der Waals surface area (Å²) >= 11 is 0. The number of benzene rings is 1. The zero-order valence-corrected chi connectivity index (χ0v) is 11.3. The van der Waals surface area contributed by atoms with E-state index in [4.69, 9.17) is 5.73 Å². The van der Waals surface area contributed by atoms with Gasteiger partial charge in [0.25, 0.3) is 0 Å². The van der Waals surface area contributed by atoms with Gasteiger partial charge in [-0.05, 0) is 38.5 Å². The third kappa shape index (κ3) is 2.08. The average Bonchev–Trinajstić information content (AvgIpc) is 2.66. The van der Waals surface area contributed by atoms with E-state index in [1.807, 2.05) is 18.2 Å². The largest absolute Gasteiger partial charge is 0.399 e. The molecule has 4 nitrogen and oxygen atoms in total. The molecular formula is C14H21N3O. The minimum atomic E-state index is -0.0579. The van der Waals surface area contributed by atoms with Crippen LogP contribution in [0.15, 0.2) is 18.2 Å². The highest BCUT2D eigenvalue weighted by molar-refractivity contribution is 5.80. The summed E-state index contributed by atoms with van der Waals surface area (Å²) in [4.78, 5) is 4.47. The smallest absolute Gasteiger partial charge is 0.136 e. The second kappa shape index (κ2) is 4.61. The van der Waals surface area contributed by atoms with E-state index in [0.29, 0.717) is 11.5 Å². The summed E-state index contributed by atoms with van der Waals surface area (Å²) < 4.78 is 2.13. The van der Waals surface area contributed by atoms with Crippen LogP contribution in [0.4, 0.5) is 5.69 Å². The fourth-order valence-electron chi connectivity index (χ4n) is 2.65. The standard InChI is InChI=1S/C14H21N3O/c1-4-7-14(2,3)17-12-6-5-10(15)8-11(12)16-13(17)9-18/h5-6,8,18H,4,7,9,15H2,1-3H3. The maximum absolute atomic E-state index is 9.51. The summed E-state index contributed by atoms with van der Waals surface area (Å²) in [5, 5.41) is 9.51. The third-order valence-corrected chi connectivity index (χ3v) is 3.36. The van der Waals surface area contributed by atoms with Crippen LogP contribution < -0.4 is 5.73 Å². The molecule has 0 saturated heterocycles. The van der Waals surface area contributed by atoms with E-state index in [0.717, 1.165) is 23.9 Å². The van der Waals surface area contributed by atoms with Crippen molar-refractivity contribution in [1.29, 1.82) is 0 Å². The van der Waals surface area contributed by atoms with Crippen LogP contribution in [-0.2, 0) is 12.1 Å². The first kappa shape index (κ1) is 12.9. The van der Waals surface area contributed by atoms with Gasteiger partial charge in [0.05, 0.1) is 11.0 Å². The van der Waals surface area contributed by atoms with Gasteiger partial charge in [-0.15, -0.1) is 0 Å². The summed E-state index contributed by atoms with van der Waals surface area (Å²) in [6.07, 6.45) is 2.13. The quantitative estimate of drug-likeness (QED) is 0.816. The fourth-order valence-corrected chi connectivity index (χ4v) is 2.65. The van der Waals surface area contributed by atoms with Gasteiger partial charge in [-0.3, -0.25) is 0 Å². The SMILES string of the molecule is CCCC(C)(C)n1c(CO)nc2cc(N)ccc21. The molecule has 0 saturated carbocycles. The maximum atomic E-state index is 9.51. The number of nitrogens with two attached hydrogens (primary N) is 1. The molecule has 1 aromatic heterocycles. The number of rotatable bonds is 4. The Morgan fingerprint density at radius 2 is 2.11 bits per heavy atom. The van der Waals surface area contributed by atoms with Gasteiger partial charge in [0.2, 0.25) is 0 Å². The molecule has 0 radical (unpaired) electrons. The Balaban J connectivity index is 2.67. The van der Waals surface area contributed by atoms with E-state index in [1.54, 1.807) is 0 Å². The Morgan fingerprint density at radius 1 is 1.39 bits per heavy atom. The Hall–Kier alpha value is -1.55. The normalized spacial score (nSPS) is 12.2. The number of fused-ring (bicyclic) bond motifs is 1. The average molecular weight is 247 g/mol. The highest BCUT2D eigenvalue weighted by Crippen LogP contribution is 2.30. The van der Waals surface area contributed by atoms with Crippen molar-refractivity contribution in [1.82, 2.24) is 9.55 Å². The second-order valence-electron chi connectivity index (χ2n) is 5.33. The summed E-state index contributed by atoms with van der Waals surface area (Å²) in [6.45, 7) is 6.46. The molecule has 0 aliphatic carbocycles. The van der Waals surface area contributed by atoms with Gasteiger partial charge in [0.1, 0.15) is 12.4 Å². The molecule has 1 aromatic carbocycles. The predicted molar refractivity (Wildman–Crippen MR) is 74.3 cm³/mol. The summed E-state index contributed by atoms with van der Waals surface area (Å²) in [7, 11) is 0. The molecule has 0 unspecified atom stereocenters. The molecule has 0 fully saturated rings. The van der Waals surface area contributed by atoms with Crippen LogP contribution in [0.5, 0.6) is 0 Å². The van der Waals surface area contributed by atoms with Gasteiger partial charge in [0.15, 0.2) is 0 Å². The molecule has 2 rings (SSSR count). The monoisotopic (exact) mass is 247 g/mol. The number of aliphatic hydroxyl groups is 1. The van der Waals surface area contributed by atoms with Crippen molar-refractivity contribution in [3.8, 4) is 0 Å². The number of aliphatic hydroxyl groups excluding tert-OH is 1. The van der Waals surface area contributed by atoms with E-state index in [9.17, 15) is 5.11 Å². The summed E-state index contributed by atoms with van der Waals surface area (Å²) in [6, 6.07) is 5.71. The van der Waals surface area contributed by atoms with Crippen LogP contribution in [0.1, 0.15) is 39.4 Å². The minimum absolute atomic E-state index is 0.0538. The molecule has 0 aliphatic rings. The van der Waals surface area contributed by atoms with Crippen LogP contribution >= 0.6 is 0 Å². The lowest BCUT2D eigenvalue weighted by atomic mass is 9.98. The maximum Gasteiger partial charge on any atom is 0.136 e. The van der Waals surface area contributed by atoms with Crippen molar-refractivity contribution in [2.75, 3.05) is 5.73 Å². The Labute approximate surface area is 107 Å². The number of anilines is 1. The third-order valence-electron chi connectivity index (χ3n) is 3.36. The van der Waals surface area contributed by atoms with Gasteiger partial charge in [-0.1, -0.05) is 13.3 Å². The molecule has 2 aromatic rings. The first-order valence-electron chi connectivity index (χ1n) is 6.38. The van der Waals surface area contributed by atoms with Gasteiger partial charge in [-0.2, -0.15) is 0 Å². The van der Waals surface area contributed by atoms with E-state index >= 15 is 0 Å². The topological polar surface area (TPSA) is 64.1 Å². The molecule has 4 heteroatoms. The number of hydrogen-bond acceptors (Lipinski definition) is 3. The molecule has 0 amide bonds. The highest BCUT2D eigenvalue weighted by Gasteiger charge is 2.24. The molecule has 0 aliphatic heterocycles. The van der Waals surface area contributed by atoms with E-state index in [2.05, 4.69) is 30.3 Å². The van der Waals surface area contributed by atoms with Crippen LogP contribution in [-0.4, -0.2) is 14.7 Å². The molecule has 0 spiro atoms. The number of aromatic nitrogens is 2. The first-order valence-corrected chi connectivity index (χ1v) is 6.38. The molecule has 0 atom stereocenters. The zero-order chi connectivity index (χ0) is 13.3. The minimum Gasteiger partial charge on any atom is -0.399 e. The van der Waals surface area contributed by atoms with E-state index in [1.165, 1.54) is 0 Å². The van der Waals surface area contributed by atoms with Crippen molar-refractivity contribution in [2.24, 2.45) is 0 Å². The van der Waals surface area contributed by atoms with Crippen molar-refractivity contribution in [3.63, 3.8) is 0 Å². The summed E-state index contributed by atoms with van der Waals surface area (Å²) in [5.41, 5.74) is 8.31. The predicted octanol–water partition coefficient (Wildman–Crippen LogP) is 2.65.